The Morgan fingerprint density at radius 1 is 1.39 bits per heavy atom. The van der Waals surface area contributed by atoms with Crippen molar-refractivity contribution in [2.75, 3.05) is 0 Å². The number of carbonyl (C=O) groups excluding carboxylic acids is 1. The van der Waals surface area contributed by atoms with Gasteiger partial charge >= 0.3 is 0 Å². The lowest BCUT2D eigenvalue weighted by atomic mass is 9.73. The Hall–Kier alpha value is 0.427. The molecule has 0 spiro atoms. The Labute approximate surface area is 120 Å². The molecule has 0 saturated heterocycles. The van der Waals surface area contributed by atoms with Gasteiger partial charge in [-0.05, 0) is 24.6 Å². The normalized spacial score (nSPS) is 40.6. The van der Waals surface area contributed by atoms with Gasteiger partial charge in [0.15, 0.2) is 8.32 Å². The average Bonchev–Trinajstić information content (AvgIpc) is 2.30. The molecule has 2 aliphatic rings. The van der Waals surface area contributed by atoms with Crippen LogP contribution in [0.3, 0.4) is 0 Å². The van der Waals surface area contributed by atoms with E-state index in [4.69, 9.17) is 27.6 Å². The summed E-state index contributed by atoms with van der Waals surface area (Å²) in [7, 11) is -1.87. The number of hydrogen-bond donors (Lipinski definition) is 0. The Kier molecular flexibility index (Phi) is 3.47. The summed E-state index contributed by atoms with van der Waals surface area (Å²) in [6.45, 7) is 11.0. The Morgan fingerprint density at radius 2 is 1.94 bits per heavy atom. The fraction of sp³-hybridized carbons (Fsp3) is 0.923. The average molecular weight is 309 g/mol. The van der Waals surface area contributed by atoms with Crippen LogP contribution in [0.25, 0.3) is 0 Å². The van der Waals surface area contributed by atoms with Crippen LogP contribution in [0.5, 0.6) is 0 Å². The van der Waals surface area contributed by atoms with Crippen LogP contribution in [0.1, 0.15) is 33.6 Å². The highest BCUT2D eigenvalue weighted by Gasteiger charge is 2.65. The van der Waals surface area contributed by atoms with Crippen LogP contribution in [0, 0.1) is 5.92 Å². The number of carbonyl (C=O) groups is 1. The molecule has 0 radical (unpaired) electrons. The highest BCUT2D eigenvalue weighted by Crippen LogP contribution is 2.57. The van der Waals surface area contributed by atoms with Gasteiger partial charge in [-0.1, -0.05) is 20.8 Å². The minimum Gasteiger partial charge on any atom is -0.413 e. The lowest BCUT2D eigenvalue weighted by Gasteiger charge is -2.44. The second kappa shape index (κ2) is 4.21. The zero-order valence-electron chi connectivity index (χ0n) is 11.7. The van der Waals surface area contributed by atoms with E-state index < -0.39 is 13.2 Å². The highest BCUT2D eigenvalue weighted by atomic mass is 35.5. The first kappa shape index (κ1) is 14.8. The summed E-state index contributed by atoms with van der Waals surface area (Å²) in [4.78, 5) is 11.3. The smallest absolute Gasteiger partial charge is 0.192 e. The maximum Gasteiger partial charge on any atom is 0.192 e. The Bertz CT molecular complexity index is 378. The van der Waals surface area contributed by atoms with Crippen LogP contribution in [-0.4, -0.2) is 30.5 Å². The van der Waals surface area contributed by atoms with E-state index in [0.29, 0.717) is 12.8 Å². The second-order valence-electron chi connectivity index (χ2n) is 7.17. The predicted octanol–water partition coefficient (Wildman–Crippen LogP) is 3.95. The molecule has 0 aromatic heterocycles. The molecular formula is C13H22Cl2O2Si. The molecule has 0 aliphatic heterocycles. The zero-order chi connectivity index (χ0) is 13.9. The maximum atomic E-state index is 11.8. The van der Waals surface area contributed by atoms with Crippen molar-refractivity contribution in [2.45, 2.75) is 68.1 Å². The van der Waals surface area contributed by atoms with Gasteiger partial charge in [0.25, 0.3) is 0 Å². The van der Waals surface area contributed by atoms with E-state index in [1.54, 1.807) is 0 Å². The van der Waals surface area contributed by atoms with E-state index >= 15 is 0 Å². The number of ketones is 1. The van der Waals surface area contributed by atoms with Crippen molar-refractivity contribution in [3.05, 3.63) is 0 Å². The van der Waals surface area contributed by atoms with Crippen molar-refractivity contribution in [1.82, 2.24) is 0 Å². The molecular weight excluding hydrogens is 287 g/mol. The molecule has 0 aromatic carbocycles. The van der Waals surface area contributed by atoms with Gasteiger partial charge in [0, 0.05) is 6.42 Å². The summed E-state index contributed by atoms with van der Waals surface area (Å²) >= 11 is 12.8. The summed E-state index contributed by atoms with van der Waals surface area (Å²) in [5.41, 5.74) is 0. The SMILES string of the molecule is CC(C)(C)[Si](C)(C)OC1CC(Cl)C2(Cl)CC(=O)C12. The van der Waals surface area contributed by atoms with Crippen LogP contribution in [-0.2, 0) is 9.22 Å². The first-order chi connectivity index (χ1) is 7.99. The molecule has 104 valence electrons. The first-order valence-electron chi connectivity index (χ1n) is 6.52. The number of fused-ring (bicyclic) bond motifs is 1. The van der Waals surface area contributed by atoms with Gasteiger partial charge in [-0.15, -0.1) is 23.2 Å². The number of alkyl halides is 2. The van der Waals surface area contributed by atoms with E-state index in [1.807, 2.05) is 0 Å². The lowest BCUT2D eigenvalue weighted by Crippen LogP contribution is -2.56. The topological polar surface area (TPSA) is 26.3 Å². The summed E-state index contributed by atoms with van der Waals surface area (Å²) in [6, 6.07) is 0. The third kappa shape index (κ3) is 2.07. The molecule has 2 saturated carbocycles. The maximum absolute atomic E-state index is 11.8. The molecule has 5 heteroatoms. The first-order valence-corrected chi connectivity index (χ1v) is 10.2. The number of hydrogen-bond acceptors (Lipinski definition) is 2. The van der Waals surface area contributed by atoms with E-state index in [1.165, 1.54) is 0 Å². The summed E-state index contributed by atoms with van der Waals surface area (Å²) in [5, 5.41) is -0.00394. The summed E-state index contributed by atoms with van der Waals surface area (Å²) in [5.74, 6) is 0.0349. The number of rotatable bonds is 2. The van der Waals surface area contributed by atoms with Gasteiger partial charge in [0.1, 0.15) is 5.78 Å². The molecule has 4 unspecified atom stereocenters. The molecule has 2 aliphatic carbocycles. The molecule has 0 heterocycles. The molecule has 18 heavy (non-hydrogen) atoms. The van der Waals surface area contributed by atoms with E-state index in [9.17, 15) is 4.79 Å². The number of halogens is 2. The van der Waals surface area contributed by atoms with Crippen molar-refractivity contribution in [2.24, 2.45) is 5.92 Å². The molecule has 2 fully saturated rings. The summed E-state index contributed by atoms with van der Waals surface area (Å²) < 4.78 is 6.35. The van der Waals surface area contributed by atoms with Gasteiger partial charge in [-0.25, -0.2) is 0 Å². The van der Waals surface area contributed by atoms with Crippen LogP contribution < -0.4 is 0 Å². The van der Waals surface area contributed by atoms with Crippen LogP contribution >= 0.6 is 23.2 Å². The van der Waals surface area contributed by atoms with Gasteiger partial charge in [0.05, 0.1) is 22.3 Å². The Balaban J connectivity index is 2.15. The quantitative estimate of drug-likeness (QED) is 0.570. The minimum atomic E-state index is -1.87. The number of Topliss-reactive ketones (excluding diaryl/α,β-unsaturated/α-hetero) is 1. The van der Waals surface area contributed by atoms with Gasteiger partial charge in [-0.2, -0.15) is 0 Å². The van der Waals surface area contributed by atoms with Crippen LogP contribution in [0.2, 0.25) is 18.1 Å². The van der Waals surface area contributed by atoms with Gasteiger partial charge in [-0.3, -0.25) is 4.79 Å². The van der Waals surface area contributed by atoms with E-state index in [0.717, 1.165) is 0 Å². The highest BCUT2D eigenvalue weighted by molar-refractivity contribution is 6.74. The molecule has 0 amide bonds. The Morgan fingerprint density at radius 3 is 2.39 bits per heavy atom. The molecule has 2 nitrogen and oxygen atoms in total. The molecule has 2 rings (SSSR count). The fourth-order valence-corrected chi connectivity index (χ4v) is 4.87. The van der Waals surface area contributed by atoms with Crippen molar-refractivity contribution in [3.8, 4) is 0 Å². The molecule has 0 bridgehead atoms. The second-order valence-corrected chi connectivity index (χ2v) is 13.2. The monoisotopic (exact) mass is 308 g/mol. The van der Waals surface area contributed by atoms with Crippen LogP contribution in [0.4, 0.5) is 0 Å². The standard InChI is InChI=1S/C13H22Cl2O2Si/c1-12(2,3)18(4,5)17-9-6-10(14)13(15)7-8(16)11(9)13/h9-11H,6-7H2,1-5H3. The molecule has 4 atom stereocenters. The zero-order valence-corrected chi connectivity index (χ0v) is 14.2. The largest absolute Gasteiger partial charge is 0.413 e. The van der Waals surface area contributed by atoms with E-state index in [2.05, 4.69) is 33.9 Å². The van der Waals surface area contributed by atoms with E-state index in [-0.39, 0.29) is 28.2 Å². The lowest BCUT2D eigenvalue weighted by molar-refractivity contribution is -0.134. The van der Waals surface area contributed by atoms with Crippen molar-refractivity contribution < 1.29 is 9.22 Å². The third-order valence-electron chi connectivity index (χ3n) is 4.89. The fourth-order valence-electron chi connectivity index (χ4n) is 2.65. The summed E-state index contributed by atoms with van der Waals surface area (Å²) in [6.07, 6.45) is 1.03. The van der Waals surface area contributed by atoms with Crippen molar-refractivity contribution >= 4 is 37.3 Å². The molecule has 0 aromatic rings. The van der Waals surface area contributed by atoms with Gasteiger partial charge < -0.3 is 4.43 Å². The van der Waals surface area contributed by atoms with Crippen molar-refractivity contribution in [1.29, 1.82) is 0 Å². The predicted molar refractivity (Wildman–Crippen MR) is 78.0 cm³/mol. The van der Waals surface area contributed by atoms with Crippen LogP contribution in [0.15, 0.2) is 0 Å². The van der Waals surface area contributed by atoms with Gasteiger partial charge in [0.2, 0.25) is 0 Å². The minimum absolute atomic E-state index is 0.0767. The molecule has 0 N–H and O–H groups in total. The third-order valence-corrected chi connectivity index (χ3v) is 10.7. The van der Waals surface area contributed by atoms with Crippen molar-refractivity contribution in [3.63, 3.8) is 0 Å².